The van der Waals surface area contributed by atoms with Gasteiger partial charge in [0.2, 0.25) is 0 Å². The summed E-state index contributed by atoms with van der Waals surface area (Å²) in [5, 5.41) is 0. The maximum atomic E-state index is 13.7. The lowest BCUT2D eigenvalue weighted by molar-refractivity contribution is -0.139. The summed E-state index contributed by atoms with van der Waals surface area (Å²) in [4.78, 5) is 31.8. The third kappa shape index (κ3) is 4.70. The van der Waals surface area contributed by atoms with E-state index in [-0.39, 0.29) is 12.2 Å². The van der Waals surface area contributed by atoms with E-state index >= 15 is 0 Å². The Labute approximate surface area is 215 Å². The molecule has 4 rings (SSSR count). The fourth-order valence-electron chi connectivity index (χ4n) is 3.98. The number of hydrogen-bond acceptors (Lipinski definition) is 7. The molecular formula is C26H25BrN2O5S. The van der Waals surface area contributed by atoms with Crippen LogP contribution < -0.4 is 24.4 Å². The number of allylic oxidation sites excluding steroid dienone is 1. The number of fused-ring (bicyclic) bond motifs is 1. The lowest BCUT2D eigenvalue weighted by Crippen LogP contribution is -2.39. The molecule has 0 saturated heterocycles. The van der Waals surface area contributed by atoms with Crippen LogP contribution in [0, 0.1) is 6.92 Å². The van der Waals surface area contributed by atoms with Gasteiger partial charge in [0.05, 0.1) is 42.7 Å². The third-order valence-corrected chi connectivity index (χ3v) is 7.37. The first-order valence-electron chi connectivity index (χ1n) is 11.0. The topological polar surface area (TPSA) is 79.1 Å². The number of thiazole rings is 1. The molecule has 1 aliphatic rings. The highest BCUT2D eigenvalue weighted by Crippen LogP contribution is 2.34. The van der Waals surface area contributed by atoms with Crippen molar-refractivity contribution in [1.29, 1.82) is 0 Å². The maximum Gasteiger partial charge on any atom is 0.338 e. The van der Waals surface area contributed by atoms with E-state index in [4.69, 9.17) is 14.2 Å². The van der Waals surface area contributed by atoms with E-state index in [0.717, 1.165) is 21.2 Å². The summed E-state index contributed by atoms with van der Waals surface area (Å²) < 4.78 is 18.9. The summed E-state index contributed by atoms with van der Waals surface area (Å²) in [5.41, 5.74) is 3.30. The van der Waals surface area contributed by atoms with Gasteiger partial charge in [0.25, 0.3) is 5.56 Å². The molecule has 0 N–H and O–H groups in total. The number of methoxy groups -OCH3 is 2. The molecule has 3 aromatic rings. The number of carbonyl (C=O) groups excluding carboxylic acids is 1. The Bertz CT molecular complexity index is 1500. The number of esters is 1. The van der Waals surface area contributed by atoms with Crippen molar-refractivity contribution in [1.82, 2.24) is 4.57 Å². The number of carbonyl (C=O) groups is 1. The standard InChI is InChI=1S/C26H25BrN2O5S/c1-6-34-25(31)22-15(3)28-26-29(23(22)16-9-7-14(2)8-10-16)24(30)21(35-26)12-17-11-19(32-4)20(33-5)13-18(17)27/h7-13,23H,6H2,1-5H3. The van der Waals surface area contributed by atoms with Gasteiger partial charge < -0.3 is 14.2 Å². The minimum Gasteiger partial charge on any atom is -0.493 e. The molecule has 0 amide bonds. The minimum absolute atomic E-state index is 0.230. The van der Waals surface area contributed by atoms with Gasteiger partial charge in [-0.05, 0) is 50.1 Å². The van der Waals surface area contributed by atoms with E-state index in [9.17, 15) is 9.59 Å². The Morgan fingerprint density at radius 3 is 2.43 bits per heavy atom. The fraction of sp³-hybridized carbons (Fsp3) is 0.269. The second-order valence-corrected chi connectivity index (χ2v) is 9.81. The van der Waals surface area contributed by atoms with Gasteiger partial charge in [0.1, 0.15) is 0 Å². The second-order valence-electron chi connectivity index (χ2n) is 7.94. The zero-order valence-corrected chi connectivity index (χ0v) is 22.5. The average molecular weight is 557 g/mol. The molecule has 182 valence electrons. The molecule has 35 heavy (non-hydrogen) atoms. The molecule has 0 fully saturated rings. The van der Waals surface area contributed by atoms with E-state index in [2.05, 4.69) is 20.9 Å². The fourth-order valence-corrected chi connectivity index (χ4v) is 5.45. The van der Waals surface area contributed by atoms with E-state index in [1.807, 2.05) is 31.2 Å². The highest BCUT2D eigenvalue weighted by Gasteiger charge is 2.33. The zero-order valence-electron chi connectivity index (χ0n) is 20.0. The van der Waals surface area contributed by atoms with Crippen LogP contribution in [0.2, 0.25) is 0 Å². The van der Waals surface area contributed by atoms with Crippen LogP contribution in [0.4, 0.5) is 0 Å². The van der Waals surface area contributed by atoms with Gasteiger partial charge in [-0.1, -0.05) is 57.1 Å². The summed E-state index contributed by atoms with van der Waals surface area (Å²) >= 11 is 4.82. The van der Waals surface area contributed by atoms with E-state index in [1.165, 1.54) is 11.3 Å². The summed E-state index contributed by atoms with van der Waals surface area (Å²) in [7, 11) is 3.13. The number of benzene rings is 2. The molecule has 0 saturated carbocycles. The Morgan fingerprint density at radius 2 is 1.80 bits per heavy atom. The molecule has 2 aromatic carbocycles. The monoisotopic (exact) mass is 556 g/mol. The summed E-state index contributed by atoms with van der Waals surface area (Å²) in [6.45, 7) is 5.75. The van der Waals surface area contributed by atoms with Crippen LogP contribution in [0.25, 0.3) is 6.08 Å². The first-order valence-corrected chi connectivity index (χ1v) is 12.6. The van der Waals surface area contributed by atoms with E-state index in [0.29, 0.717) is 32.1 Å². The first-order chi connectivity index (χ1) is 16.8. The average Bonchev–Trinajstić information content (AvgIpc) is 3.14. The van der Waals surface area contributed by atoms with Crippen molar-refractivity contribution in [2.24, 2.45) is 4.99 Å². The van der Waals surface area contributed by atoms with Crippen molar-refractivity contribution in [2.45, 2.75) is 26.8 Å². The van der Waals surface area contributed by atoms with Gasteiger partial charge in [0.15, 0.2) is 16.3 Å². The Hall–Kier alpha value is -3.17. The van der Waals surface area contributed by atoms with Crippen molar-refractivity contribution in [2.75, 3.05) is 20.8 Å². The third-order valence-electron chi connectivity index (χ3n) is 5.70. The molecule has 9 heteroatoms. The summed E-state index contributed by atoms with van der Waals surface area (Å²) in [5.74, 6) is 0.649. The van der Waals surface area contributed by atoms with Crippen LogP contribution in [-0.4, -0.2) is 31.4 Å². The first kappa shape index (κ1) is 24.9. The lowest BCUT2D eigenvalue weighted by atomic mass is 9.95. The number of nitrogens with zero attached hydrogens (tertiary/aromatic N) is 2. The number of aromatic nitrogens is 1. The largest absolute Gasteiger partial charge is 0.493 e. The van der Waals surface area contributed by atoms with Gasteiger partial charge >= 0.3 is 5.97 Å². The smallest absolute Gasteiger partial charge is 0.338 e. The van der Waals surface area contributed by atoms with Crippen molar-refractivity contribution >= 4 is 39.3 Å². The number of rotatable bonds is 6. The summed E-state index contributed by atoms with van der Waals surface area (Å²) in [6, 6.07) is 10.7. The molecule has 0 bridgehead atoms. The molecule has 2 heterocycles. The predicted octanol–water partition coefficient (Wildman–Crippen LogP) is 3.89. The lowest BCUT2D eigenvalue weighted by Gasteiger charge is -2.24. The van der Waals surface area contributed by atoms with Gasteiger partial charge in [-0.2, -0.15) is 0 Å². The van der Waals surface area contributed by atoms with Crippen molar-refractivity contribution in [3.05, 3.63) is 88.5 Å². The van der Waals surface area contributed by atoms with Crippen molar-refractivity contribution in [3.8, 4) is 11.5 Å². The van der Waals surface area contributed by atoms with Crippen molar-refractivity contribution in [3.63, 3.8) is 0 Å². The molecule has 0 aliphatic carbocycles. The van der Waals surface area contributed by atoms with Crippen LogP contribution in [-0.2, 0) is 9.53 Å². The molecule has 1 aromatic heterocycles. The highest BCUT2D eigenvalue weighted by atomic mass is 79.9. The Kier molecular flexibility index (Phi) is 7.28. The van der Waals surface area contributed by atoms with Gasteiger partial charge in [-0.3, -0.25) is 9.36 Å². The molecule has 7 nitrogen and oxygen atoms in total. The van der Waals surface area contributed by atoms with E-state index < -0.39 is 12.0 Å². The van der Waals surface area contributed by atoms with Gasteiger partial charge in [-0.15, -0.1) is 0 Å². The van der Waals surface area contributed by atoms with Crippen LogP contribution >= 0.6 is 27.3 Å². The Morgan fingerprint density at radius 1 is 1.14 bits per heavy atom. The quantitative estimate of drug-likeness (QED) is 0.430. The number of hydrogen-bond donors (Lipinski definition) is 0. The van der Waals surface area contributed by atoms with Gasteiger partial charge in [-0.25, -0.2) is 9.79 Å². The Balaban J connectivity index is 1.95. The molecule has 1 aliphatic heterocycles. The van der Waals surface area contributed by atoms with E-state index in [1.54, 1.807) is 50.8 Å². The SMILES string of the molecule is CCOC(=O)C1=C(C)N=c2sc(=Cc3cc(OC)c(OC)cc3Br)c(=O)n2C1c1ccc(C)cc1. The molecule has 0 radical (unpaired) electrons. The number of halogens is 1. The molecule has 0 spiro atoms. The minimum atomic E-state index is -0.637. The summed E-state index contributed by atoms with van der Waals surface area (Å²) in [6.07, 6.45) is 1.78. The second kappa shape index (κ2) is 10.2. The molecular weight excluding hydrogens is 532 g/mol. The molecule has 1 unspecified atom stereocenters. The van der Waals surface area contributed by atoms with Crippen molar-refractivity contribution < 1.29 is 19.0 Å². The van der Waals surface area contributed by atoms with Crippen LogP contribution in [0.3, 0.4) is 0 Å². The number of aryl methyl sites for hydroxylation is 1. The van der Waals surface area contributed by atoms with Crippen LogP contribution in [0.5, 0.6) is 11.5 Å². The van der Waals surface area contributed by atoms with Crippen LogP contribution in [0.1, 0.15) is 36.6 Å². The maximum absolute atomic E-state index is 13.7. The predicted molar refractivity (Wildman–Crippen MR) is 139 cm³/mol. The highest BCUT2D eigenvalue weighted by molar-refractivity contribution is 9.10. The number of ether oxygens (including phenoxy) is 3. The van der Waals surface area contributed by atoms with Crippen LogP contribution in [0.15, 0.2) is 61.9 Å². The zero-order chi connectivity index (χ0) is 25.3. The normalized spacial score (nSPS) is 15.5. The van der Waals surface area contributed by atoms with Gasteiger partial charge in [0, 0.05) is 4.47 Å². The molecule has 1 atom stereocenters.